The fourth-order valence-corrected chi connectivity index (χ4v) is 7.55. The zero-order valence-corrected chi connectivity index (χ0v) is 28.4. The molecular weight excluding hydrogens is 668 g/mol. The predicted molar refractivity (Wildman–Crippen MR) is 188 cm³/mol. The molecule has 4 bridgehead atoms. The summed E-state index contributed by atoms with van der Waals surface area (Å²) in [6.07, 6.45) is 5.87. The van der Waals surface area contributed by atoms with Gasteiger partial charge in [-0.1, -0.05) is 24.3 Å². The van der Waals surface area contributed by atoms with Crippen molar-refractivity contribution < 1.29 is 18.3 Å². The first-order valence-corrected chi connectivity index (χ1v) is 17.1. The molecule has 2 aliphatic heterocycles. The first-order chi connectivity index (χ1) is 25.3. The van der Waals surface area contributed by atoms with Crippen molar-refractivity contribution in [2.24, 2.45) is 14.1 Å². The topological polar surface area (TPSA) is 125 Å². The Kier molecular flexibility index (Phi) is 7.63. The molecule has 4 aromatic heterocycles. The van der Waals surface area contributed by atoms with Crippen molar-refractivity contribution in [2.75, 3.05) is 18.0 Å². The third kappa shape index (κ3) is 5.48. The summed E-state index contributed by atoms with van der Waals surface area (Å²) in [6.45, 7) is 0.992. The van der Waals surface area contributed by atoms with Gasteiger partial charge in [0.25, 0.3) is 0 Å². The summed E-state index contributed by atoms with van der Waals surface area (Å²) < 4.78 is 40.2. The lowest BCUT2D eigenvalue weighted by Gasteiger charge is -2.30. The minimum atomic E-state index is -0.781. The number of nitrogens with zero attached hydrogens (tertiary/aromatic N) is 11. The molecule has 0 unspecified atom stereocenters. The van der Waals surface area contributed by atoms with Gasteiger partial charge in [0.1, 0.15) is 47.9 Å². The molecule has 2 atom stereocenters. The van der Waals surface area contributed by atoms with Crippen LogP contribution < -0.4 is 9.64 Å². The highest BCUT2D eigenvalue weighted by Crippen LogP contribution is 2.37. The summed E-state index contributed by atoms with van der Waals surface area (Å²) in [6, 6.07) is 16.8. The Balaban J connectivity index is 1.15. The van der Waals surface area contributed by atoms with E-state index in [4.69, 9.17) is 9.84 Å². The molecule has 6 heterocycles. The lowest BCUT2D eigenvalue weighted by Crippen LogP contribution is -2.46. The lowest BCUT2D eigenvalue weighted by molar-refractivity contribution is -0.133. The van der Waals surface area contributed by atoms with Crippen LogP contribution in [0.15, 0.2) is 79.5 Å². The number of carbonyl (C=O) groups is 1. The van der Waals surface area contributed by atoms with E-state index >= 15 is 0 Å². The van der Waals surface area contributed by atoms with Crippen molar-refractivity contribution in [3.63, 3.8) is 0 Å². The van der Waals surface area contributed by atoms with Crippen LogP contribution >= 0.6 is 0 Å². The predicted octanol–water partition coefficient (Wildman–Crippen LogP) is 4.78. The van der Waals surface area contributed by atoms with Crippen molar-refractivity contribution in [3.8, 4) is 22.6 Å². The summed E-state index contributed by atoms with van der Waals surface area (Å²) in [7, 11) is 3.75. The molecule has 7 aromatic rings. The van der Waals surface area contributed by atoms with E-state index < -0.39 is 17.7 Å². The minimum absolute atomic E-state index is 0.0407. The molecular formula is C37H33F2N11O2. The smallest absolute Gasteiger partial charge is 0.245 e. The molecule has 262 valence electrons. The van der Waals surface area contributed by atoms with Crippen molar-refractivity contribution in [1.82, 2.24) is 49.2 Å². The maximum Gasteiger partial charge on any atom is 0.245 e. The van der Waals surface area contributed by atoms with Crippen LogP contribution in [0.25, 0.3) is 38.8 Å². The standard InChI is InChI=1S/C37H33F2N11O2/c1-46-21-42-33(45-46)19-48-13-5-10-31-34-26(8-4-9-29(34)44-47(31)2)22-6-3-7-24(14-22)52-25-16-32(37(48)51)49(18-25)35-27-17-43-50(36(27)41-20-40-35)30-12-11-23(38)15-28(30)39/h3-4,6-9,11-12,14-15,17,20-21,25,32H,5,10,13,16,18-19H2,1-2H3/t25-,32-/m0/s1. The van der Waals surface area contributed by atoms with Gasteiger partial charge in [0, 0.05) is 44.2 Å². The Labute approximate surface area is 296 Å². The van der Waals surface area contributed by atoms with E-state index in [2.05, 4.69) is 37.3 Å². The van der Waals surface area contributed by atoms with Gasteiger partial charge in [0.2, 0.25) is 5.91 Å². The number of fused-ring (bicyclic) bond motifs is 6. The SMILES string of the molecule is Cn1cnc(CN2CCCc3c4c(cccc4nn3C)-c3cccc(c3)O[C@H]3C[C@@H](C2=O)N(c2ncnc4c2cnn4-c2ccc(F)cc2F)C3)n1. The number of aromatic nitrogens is 9. The van der Waals surface area contributed by atoms with Crippen LogP contribution in [0, 0.1) is 11.6 Å². The number of carbonyl (C=O) groups excluding carboxylic acids is 1. The maximum absolute atomic E-state index is 14.9. The van der Waals surface area contributed by atoms with Crippen LogP contribution in [0.2, 0.25) is 0 Å². The molecule has 0 N–H and O–H groups in total. The number of ether oxygens (including phenoxy) is 1. The minimum Gasteiger partial charge on any atom is -0.488 e. The van der Waals surface area contributed by atoms with Gasteiger partial charge < -0.3 is 14.5 Å². The first kappa shape index (κ1) is 31.7. The van der Waals surface area contributed by atoms with Gasteiger partial charge in [-0.15, -0.1) is 0 Å². The molecule has 1 saturated heterocycles. The van der Waals surface area contributed by atoms with E-state index in [1.54, 1.807) is 24.3 Å². The molecule has 3 aromatic carbocycles. The second kappa shape index (κ2) is 12.5. The average Bonchev–Trinajstić information content (AvgIpc) is 3.93. The van der Waals surface area contributed by atoms with Crippen molar-refractivity contribution in [1.29, 1.82) is 0 Å². The highest BCUT2D eigenvalue weighted by atomic mass is 19.1. The van der Waals surface area contributed by atoms with Gasteiger partial charge in [-0.3, -0.25) is 14.2 Å². The van der Waals surface area contributed by atoms with Gasteiger partial charge in [0.15, 0.2) is 17.3 Å². The molecule has 0 spiro atoms. The summed E-state index contributed by atoms with van der Waals surface area (Å²) >= 11 is 0. The van der Waals surface area contributed by atoms with Crippen molar-refractivity contribution >= 4 is 33.7 Å². The summed E-state index contributed by atoms with van der Waals surface area (Å²) in [5.74, 6) is 0.0627. The number of rotatable bonds is 4. The molecule has 1 amide bonds. The highest BCUT2D eigenvalue weighted by Gasteiger charge is 2.42. The number of amides is 1. The van der Waals surface area contributed by atoms with Crippen LogP contribution in [0.5, 0.6) is 5.75 Å². The fourth-order valence-electron chi connectivity index (χ4n) is 7.55. The zero-order valence-electron chi connectivity index (χ0n) is 28.4. The van der Waals surface area contributed by atoms with Crippen LogP contribution in [0.3, 0.4) is 0 Å². The van der Waals surface area contributed by atoms with Crippen LogP contribution in [0.1, 0.15) is 24.4 Å². The number of benzene rings is 3. The van der Waals surface area contributed by atoms with E-state index in [9.17, 15) is 13.6 Å². The normalized spacial score (nSPS) is 17.8. The quantitative estimate of drug-likeness (QED) is 0.255. The van der Waals surface area contributed by atoms with E-state index in [1.165, 1.54) is 23.1 Å². The number of anilines is 1. The largest absolute Gasteiger partial charge is 0.488 e. The second-order valence-electron chi connectivity index (χ2n) is 13.2. The van der Waals surface area contributed by atoms with E-state index in [1.807, 2.05) is 51.9 Å². The molecule has 0 aliphatic carbocycles. The maximum atomic E-state index is 14.9. The van der Waals surface area contributed by atoms with Gasteiger partial charge in [0.05, 0.1) is 30.2 Å². The third-order valence-corrected chi connectivity index (χ3v) is 9.86. The Hall–Kier alpha value is -6.25. The van der Waals surface area contributed by atoms with E-state index in [0.717, 1.165) is 33.8 Å². The molecule has 1 fully saturated rings. The molecule has 52 heavy (non-hydrogen) atoms. The average molecular weight is 702 g/mol. The molecule has 2 aliphatic rings. The molecule has 0 radical (unpaired) electrons. The first-order valence-electron chi connectivity index (χ1n) is 17.1. The van der Waals surface area contributed by atoms with Gasteiger partial charge in [-0.25, -0.2) is 28.4 Å². The Bertz CT molecular complexity index is 2490. The Morgan fingerprint density at radius 1 is 0.981 bits per heavy atom. The van der Waals surface area contributed by atoms with Crippen molar-refractivity contribution in [3.05, 3.63) is 103 Å². The van der Waals surface area contributed by atoms with Gasteiger partial charge >= 0.3 is 0 Å². The summed E-state index contributed by atoms with van der Waals surface area (Å²) in [4.78, 5) is 32.1. The number of hydrogen-bond acceptors (Lipinski definition) is 9. The van der Waals surface area contributed by atoms with Crippen molar-refractivity contribution in [2.45, 2.75) is 38.0 Å². The van der Waals surface area contributed by atoms with Crippen LogP contribution in [-0.2, 0) is 31.9 Å². The number of aryl methyl sites for hydroxylation is 3. The molecule has 15 heteroatoms. The van der Waals surface area contributed by atoms with Gasteiger partial charge in [-0.05, 0) is 54.3 Å². The summed E-state index contributed by atoms with van der Waals surface area (Å²) in [5.41, 5.74) is 4.42. The zero-order chi connectivity index (χ0) is 35.5. The molecule has 13 nitrogen and oxygen atoms in total. The fraction of sp³-hybridized carbons (Fsp3) is 0.270. The van der Waals surface area contributed by atoms with E-state index in [-0.39, 0.29) is 24.2 Å². The lowest BCUT2D eigenvalue weighted by atomic mass is 9.98. The Morgan fingerprint density at radius 3 is 2.71 bits per heavy atom. The molecule has 9 rings (SSSR count). The third-order valence-electron chi connectivity index (χ3n) is 9.86. The highest BCUT2D eigenvalue weighted by molar-refractivity contribution is 5.97. The number of hydrogen-bond donors (Lipinski definition) is 0. The van der Waals surface area contributed by atoms with E-state index in [0.29, 0.717) is 60.8 Å². The van der Waals surface area contributed by atoms with Gasteiger partial charge in [-0.2, -0.15) is 15.3 Å². The molecule has 0 saturated carbocycles. The van der Waals surface area contributed by atoms with Crippen LogP contribution in [0.4, 0.5) is 14.6 Å². The number of halogens is 2. The monoisotopic (exact) mass is 701 g/mol. The second-order valence-corrected chi connectivity index (χ2v) is 13.2. The Morgan fingerprint density at radius 2 is 1.87 bits per heavy atom. The summed E-state index contributed by atoms with van der Waals surface area (Å²) in [5, 5.41) is 15.3. The van der Waals surface area contributed by atoms with Crippen LogP contribution in [-0.4, -0.2) is 80.3 Å².